The van der Waals surface area contributed by atoms with E-state index < -0.39 is 0 Å². The molecule has 1 aliphatic rings. The smallest absolute Gasteiger partial charge is 0.0948 e. The van der Waals surface area contributed by atoms with E-state index in [1.165, 1.54) is 38.0 Å². The molecule has 1 aromatic rings. The molecule has 1 fully saturated rings. The van der Waals surface area contributed by atoms with Gasteiger partial charge in [-0.15, -0.1) is 0 Å². The molecule has 0 aromatic carbocycles. The summed E-state index contributed by atoms with van der Waals surface area (Å²) in [6.45, 7) is 10.1. The van der Waals surface area contributed by atoms with Gasteiger partial charge >= 0.3 is 0 Å². The first-order chi connectivity index (χ1) is 8.85. The lowest BCUT2D eigenvalue weighted by Crippen LogP contribution is -2.37. The number of hydrogen-bond donors (Lipinski definition) is 1. The average molecular weight is 250 g/mol. The predicted octanol–water partition coefficient (Wildman–Crippen LogP) is 1.87. The van der Waals surface area contributed by atoms with Crippen molar-refractivity contribution in [1.29, 1.82) is 0 Å². The molecule has 1 N–H and O–H groups in total. The van der Waals surface area contributed by atoms with Gasteiger partial charge in [-0.25, -0.2) is 4.98 Å². The van der Waals surface area contributed by atoms with Crippen molar-refractivity contribution in [3.05, 3.63) is 18.2 Å². The highest BCUT2D eigenvalue weighted by Gasteiger charge is 2.22. The Morgan fingerprint density at radius 2 is 2.33 bits per heavy atom. The molecule has 0 radical (unpaired) electrons. The quantitative estimate of drug-likeness (QED) is 0.802. The highest BCUT2D eigenvalue weighted by molar-refractivity contribution is 4.99. The van der Waals surface area contributed by atoms with Crippen LogP contribution in [-0.4, -0.2) is 40.1 Å². The van der Waals surface area contributed by atoms with Crippen molar-refractivity contribution in [3.8, 4) is 0 Å². The third kappa shape index (κ3) is 3.33. The molecule has 1 atom stereocenters. The monoisotopic (exact) mass is 250 g/mol. The van der Waals surface area contributed by atoms with Crippen molar-refractivity contribution in [2.24, 2.45) is 0 Å². The maximum Gasteiger partial charge on any atom is 0.0948 e. The minimum absolute atomic E-state index is 0.704. The van der Waals surface area contributed by atoms with Gasteiger partial charge in [0.05, 0.1) is 12.0 Å². The lowest BCUT2D eigenvalue weighted by molar-refractivity contribution is 0.194. The van der Waals surface area contributed by atoms with Gasteiger partial charge in [-0.1, -0.05) is 13.8 Å². The largest absolute Gasteiger partial charge is 0.333 e. The second-order valence-corrected chi connectivity index (χ2v) is 5.20. The Kier molecular flexibility index (Phi) is 5.20. The summed E-state index contributed by atoms with van der Waals surface area (Å²) in [5, 5.41) is 3.47. The van der Waals surface area contributed by atoms with Gasteiger partial charge in [-0.3, -0.25) is 4.90 Å². The molecule has 1 aliphatic heterocycles. The van der Waals surface area contributed by atoms with Gasteiger partial charge in [0, 0.05) is 31.9 Å². The van der Waals surface area contributed by atoms with Gasteiger partial charge in [0.15, 0.2) is 0 Å². The number of nitrogens with zero attached hydrogens (tertiary/aromatic N) is 3. The van der Waals surface area contributed by atoms with Gasteiger partial charge in [-0.2, -0.15) is 0 Å². The summed E-state index contributed by atoms with van der Waals surface area (Å²) < 4.78 is 2.30. The molecule has 2 rings (SSSR count). The molecular formula is C14H26N4. The fourth-order valence-electron chi connectivity index (χ4n) is 2.76. The lowest BCUT2D eigenvalue weighted by Gasteiger charge is -2.28. The van der Waals surface area contributed by atoms with Crippen LogP contribution in [0.15, 0.2) is 12.5 Å². The van der Waals surface area contributed by atoms with E-state index in [2.05, 4.69) is 33.6 Å². The zero-order valence-electron chi connectivity index (χ0n) is 11.7. The topological polar surface area (TPSA) is 33.1 Å². The molecule has 4 heteroatoms. The molecule has 18 heavy (non-hydrogen) atoms. The fourth-order valence-corrected chi connectivity index (χ4v) is 2.76. The van der Waals surface area contributed by atoms with Crippen LogP contribution in [0.2, 0.25) is 0 Å². The third-order valence-electron chi connectivity index (χ3n) is 3.69. The number of hydrogen-bond acceptors (Lipinski definition) is 3. The molecule has 1 unspecified atom stereocenters. The second-order valence-electron chi connectivity index (χ2n) is 5.20. The van der Waals surface area contributed by atoms with Crippen LogP contribution in [0, 0.1) is 0 Å². The van der Waals surface area contributed by atoms with Crippen LogP contribution in [0.25, 0.3) is 0 Å². The fraction of sp³-hybridized carbons (Fsp3) is 0.786. The van der Waals surface area contributed by atoms with Crippen molar-refractivity contribution >= 4 is 0 Å². The Morgan fingerprint density at radius 1 is 1.44 bits per heavy atom. The Labute approximate surface area is 110 Å². The Hall–Kier alpha value is -0.870. The van der Waals surface area contributed by atoms with E-state index in [1.807, 2.05) is 12.5 Å². The van der Waals surface area contributed by atoms with E-state index in [9.17, 15) is 0 Å². The molecule has 0 amide bonds. The summed E-state index contributed by atoms with van der Waals surface area (Å²) in [6, 6.07) is 0.704. The number of imidazole rings is 1. The molecule has 1 saturated heterocycles. The van der Waals surface area contributed by atoms with E-state index >= 15 is 0 Å². The minimum Gasteiger partial charge on any atom is -0.333 e. The van der Waals surface area contributed by atoms with E-state index in [-0.39, 0.29) is 0 Å². The molecule has 102 valence electrons. The minimum atomic E-state index is 0.704. The molecule has 0 aliphatic carbocycles. The summed E-state index contributed by atoms with van der Waals surface area (Å²) in [5.41, 5.74) is 1.36. The molecule has 0 spiro atoms. The highest BCUT2D eigenvalue weighted by Crippen LogP contribution is 2.14. The summed E-state index contributed by atoms with van der Waals surface area (Å²) in [6.07, 6.45) is 7.67. The second kappa shape index (κ2) is 6.90. The first-order valence-electron chi connectivity index (χ1n) is 7.29. The van der Waals surface area contributed by atoms with Crippen molar-refractivity contribution < 1.29 is 0 Å². The van der Waals surface area contributed by atoms with Gasteiger partial charge in [0.25, 0.3) is 0 Å². The van der Waals surface area contributed by atoms with Gasteiger partial charge in [0.2, 0.25) is 0 Å². The molecular weight excluding hydrogens is 224 g/mol. The number of nitrogens with one attached hydrogen (secondary N) is 1. The normalized spacial score (nSPS) is 19.8. The van der Waals surface area contributed by atoms with Gasteiger partial charge < -0.3 is 9.88 Å². The maximum atomic E-state index is 4.30. The van der Waals surface area contributed by atoms with Crippen LogP contribution in [0.3, 0.4) is 0 Å². The Morgan fingerprint density at radius 3 is 3.00 bits per heavy atom. The van der Waals surface area contributed by atoms with Crippen molar-refractivity contribution in [3.63, 3.8) is 0 Å². The van der Waals surface area contributed by atoms with E-state index in [0.29, 0.717) is 6.04 Å². The number of aryl methyl sites for hydroxylation is 1. The zero-order valence-corrected chi connectivity index (χ0v) is 11.7. The van der Waals surface area contributed by atoms with Crippen molar-refractivity contribution in [1.82, 2.24) is 19.8 Å². The summed E-state index contributed by atoms with van der Waals surface area (Å²) in [7, 11) is 0. The number of aromatic nitrogens is 2. The molecule has 1 aromatic heterocycles. The Bertz CT molecular complexity index is 341. The molecule has 0 saturated carbocycles. The van der Waals surface area contributed by atoms with Crippen LogP contribution in [0.4, 0.5) is 0 Å². The van der Waals surface area contributed by atoms with E-state index in [0.717, 1.165) is 19.6 Å². The van der Waals surface area contributed by atoms with Crippen LogP contribution >= 0.6 is 0 Å². The first kappa shape index (κ1) is 13.6. The Balaban J connectivity index is 2.00. The summed E-state index contributed by atoms with van der Waals surface area (Å²) >= 11 is 0. The maximum absolute atomic E-state index is 4.30. The summed E-state index contributed by atoms with van der Waals surface area (Å²) in [4.78, 5) is 6.92. The SMILES string of the molecule is CCCN(Cc1cncn1CCC)C1CCNC1. The van der Waals surface area contributed by atoms with E-state index in [1.54, 1.807) is 0 Å². The standard InChI is InChI=1S/C14H26N4/c1-3-7-17(13-5-6-15-9-13)11-14-10-16-12-18(14)8-4-2/h10,12-13,15H,3-9,11H2,1-2H3. The van der Waals surface area contributed by atoms with Gasteiger partial charge in [-0.05, 0) is 32.4 Å². The lowest BCUT2D eigenvalue weighted by atomic mass is 10.2. The third-order valence-corrected chi connectivity index (χ3v) is 3.69. The first-order valence-corrected chi connectivity index (χ1v) is 7.29. The van der Waals surface area contributed by atoms with Crippen molar-refractivity contribution in [2.75, 3.05) is 19.6 Å². The van der Waals surface area contributed by atoms with Crippen LogP contribution in [0.1, 0.15) is 38.8 Å². The highest BCUT2D eigenvalue weighted by atomic mass is 15.2. The number of rotatable bonds is 7. The van der Waals surface area contributed by atoms with E-state index in [4.69, 9.17) is 0 Å². The molecule has 4 nitrogen and oxygen atoms in total. The summed E-state index contributed by atoms with van der Waals surface area (Å²) in [5.74, 6) is 0. The zero-order chi connectivity index (χ0) is 12.8. The average Bonchev–Trinajstić information content (AvgIpc) is 3.01. The predicted molar refractivity (Wildman–Crippen MR) is 74.5 cm³/mol. The molecule has 0 bridgehead atoms. The van der Waals surface area contributed by atoms with Gasteiger partial charge in [0.1, 0.15) is 0 Å². The van der Waals surface area contributed by atoms with Crippen LogP contribution in [-0.2, 0) is 13.1 Å². The molecule has 2 heterocycles. The van der Waals surface area contributed by atoms with Crippen molar-refractivity contribution in [2.45, 2.75) is 52.2 Å². The van der Waals surface area contributed by atoms with Crippen LogP contribution < -0.4 is 5.32 Å². The van der Waals surface area contributed by atoms with Crippen LogP contribution in [0.5, 0.6) is 0 Å².